The molecule has 0 aromatic heterocycles. The molecule has 0 N–H and O–H groups in total. The Labute approximate surface area is 58.0 Å². The molecule has 1 saturated heterocycles. The maximum atomic E-state index is 3.90. The molecule has 0 unspecified atom stereocenters. The van der Waals surface area contributed by atoms with Crippen molar-refractivity contribution in [3.05, 3.63) is 7.05 Å². The lowest BCUT2D eigenvalue weighted by atomic mass is 9.83. The molecule has 0 amide bonds. The average molecular weight is 126 g/mol. The van der Waals surface area contributed by atoms with Crippen LogP contribution in [-0.2, 0) is 0 Å². The standard InChI is InChI=1S/C8H16N/c1-8(2)4-6-9(3)7-5-8/h3-7H2,1-2H3. The quantitative estimate of drug-likeness (QED) is 0.479. The molecule has 1 nitrogen and oxygen atoms in total. The van der Waals surface area contributed by atoms with Gasteiger partial charge in [-0.1, -0.05) is 13.8 Å². The maximum Gasteiger partial charge on any atom is 0.0109 e. The van der Waals surface area contributed by atoms with Crippen LogP contribution in [-0.4, -0.2) is 18.0 Å². The molecule has 1 radical (unpaired) electrons. The van der Waals surface area contributed by atoms with E-state index in [-0.39, 0.29) is 0 Å². The molecule has 1 heterocycles. The third kappa shape index (κ3) is 1.98. The Morgan fingerprint density at radius 3 is 2.00 bits per heavy atom. The first-order chi connectivity index (χ1) is 4.10. The summed E-state index contributed by atoms with van der Waals surface area (Å²) in [6.45, 7) is 7.01. The van der Waals surface area contributed by atoms with Crippen LogP contribution in [0.2, 0.25) is 0 Å². The third-order valence-electron chi connectivity index (χ3n) is 2.21. The molecule has 1 aliphatic heterocycles. The van der Waals surface area contributed by atoms with E-state index in [0.29, 0.717) is 5.41 Å². The summed E-state index contributed by atoms with van der Waals surface area (Å²) < 4.78 is 0. The molecule has 1 rings (SSSR count). The van der Waals surface area contributed by atoms with Crippen LogP contribution in [0.4, 0.5) is 0 Å². The summed E-state index contributed by atoms with van der Waals surface area (Å²) >= 11 is 0. The zero-order chi connectivity index (χ0) is 6.91. The van der Waals surface area contributed by atoms with Crippen LogP contribution in [0.15, 0.2) is 0 Å². The van der Waals surface area contributed by atoms with Gasteiger partial charge in [0.1, 0.15) is 0 Å². The fourth-order valence-electron chi connectivity index (χ4n) is 1.16. The van der Waals surface area contributed by atoms with Crippen LogP contribution in [0.5, 0.6) is 0 Å². The number of piperidine rings is 1. The second-order valence-corrected chi connectivity index (χ2v) is 3.78. The highest BCUT2D eigenvalue weighted by molar-refractivity contribution is 4.77. The summed E-state index contributed by atoms with van der Waals surface area (Å²) in [7, 11) is 3.90. The molecule has 0 atom stereocenters. The van der Waals surface area contributed by atoms with E-state index in [2.05, 4.69) is 25.8 Å². The monoisotopic (exact) mass is 126 g/mol. The van der Waals surface area contributed by atoms with Crippen LogP contribution >= 0.6 is 0 Å². The van der Waals surface area contributed by atoms with Crippen LogP contribution in [0.25, 0.3) is 0 Å². The lowest BCUT2D eigenvalue weighted by Crippen LogP contribution is -2.33. The highest BCUT2D eigenvalue weighted by Gasteiger charge is 2.22. The number of hydrogen-bond donors (Lipinski definition) is 0. The fraction of sp³-hybridized carbons (Fsp3) is 0.875. The topological polar surface area (TPSA) is 3.24 Å². The molecular formula is C8H16N. The lowest BCUT2D eigenvalue weighted by molar-refractivity contribution is 0.171. The van der Waals surface area contributed by atoms with Crippen LogP contribution < -0.4 is 0 Å². The lowest BCUT2D eigenvalue weighted by Gasteiger charge is -2.34. The van der Waals surface area contributed by atoms with Crippen molar-refractivity contribution in [2.24, 2.45) is 5.41 Å². The highest BCUT2D eigenvalue weighted by atomic mass is 15.1. The van der Waals surface area contributed by atoms with Crippen molar-refractivity contribution >= 4 is 0 Å². The van der Waals surface area contributed by atoms with Crippen molar-refractivity contribution in [1.29, 1.82) is 0 Å². The van der Waals surface area contributed by atoms with E-state index in [0.717, 1.165) is 0 Å². The minimum atomic E-state index is 0.578. The van der Waals surface area contributed by atoms with Crippen LogP contribution in [0.1, 0.15) is 26.7 Å². The molecule has 0 aromatic rings. The van der Waals surface area contributed by atoms with Gasteiger partial charge in [-0.05, 0) is 31.3 Å². The highest BCUT2D eigenvalue weighted by Crippen LogP contribution is 2.28. The molecule has 0 bridgehead atoms. The SMILES string of the molecule is [CH2]N1CCC(C)(C)CC1. The summed E-state index contributed by atoms with van der Waals surface area (Å²) in [4.78, 5) is 2.16. The van der Waals surface area contributed by atoms with E-state index in [9.17, 15) is 0 Å². The first kappa shape index (κ1) is 7.07. The minimum absolute atomic E-state index is 0.578. The number of rotatable bonds is 0. The molecule has 0 saturated carbocycles. The van der Waals surface area contributed by atoms with Crippen molar-refractivity contribution in [2.75, 3.05) is 13.1 Å². The zero-order valence-corrected chi connectivity index (χ0v) is 6.48. The maximum absolute atomic E-state index is 3.90. The van der Waals surface area contributed by atoms with Gasteiger partial charge >= 0.3 is 0 Å². The molecule has 1 aliphatic rings. The smallest absolute Gasteiger partial charge is 0.0109 e. The first-order valence-electron chi connectivity index (χ1n) is 3.66. The van der Waals surface area contributed by atoms with Crippen molar-refractivity contribution in [2.45, 2.75) is 26.7 Å². The van der Waals surface area contributed by atoms with E-state index in [1.54, 1.807) is 0 Å². The molecule has 0 aliphatic carbocycles. The normalized spacial score (nSPS) is 28.3. The van der Waals surface area contributed by atoms with Gasteiger partial charge in [-0.25, -0.2) is 0 Å². The number of hydrogen-bond acceptors (Lipinski definition) is 1. The number of nitrogens with zero attached hydrogens (tertiary/aromatic N) is 1. The molecule has 0 aromatic carbocycles. The third-order valence-corrected chi connectivity index (χ3v) is 2.21. The Hall–Kier alpha value is -0.0400. The van der Waals surface area contributed by atoms with Gasteiger partial charge < -0.3 is 4.90 Å². The molecule has 53 valence electrons. The van der Waals surface area contributed by atoms with E-state index in [1.807, 2.05) is 0 Å². The Morgan fingerprint density at radius 2 is 1.67 bits per heavy atom. The van der Waals surface area contributed by atoms with Crippen molar-refractivity contribution in [3.8, 4) is 0 Å². The second kappa shape index (κ2) is 2.30. The molecular weight excluding hydrogens is 110 g/mol. The van der Waals surface area contributed by atoms with Crippen molar-refractivity contribution < 1.29 is 0 Å². The van der Waals surface area contributed by atoms with E-state index < -0.39 is 0 Å². The summed E-state index contributed by atoms with van der Waals surface area (Å²) in [6, 6.07) is 0. The van der Waals surface area contributed by atoms with Crippen LogP contribution in [0.3, 0.4) is 0 Å². The Kier molecular flexibility index (Phi) is 1.80. The van der Waals surface area contributed by atoms with Gasteiger partial charge in [-0.2, -0.15) is 0 Å². The molecule has 9 heavy (non-hydrogen) atoms. The van der Waals surface area contributed by atoms with Gasteiger partial charge in [0.15, 0.2) is 0 Å². The molecule has 1 fully saturated rings. The summed E-state index contributed by atoms with van der Waals surface area (Å²) in [5, 5.41) is 0. The Balaban J connectivity index is 2.35. The van der Waals surface area contributed by atoms with Gasteiger partial charge in [-0.15, -0.1) is 0 Å². The summed E-state index contributed by atoms with van der Waals surface area (Å²) in [5.41, 5.74) is 0.578. The number of likely N-dealkylation sites (tertiary alicyclic amines) is 1. The predicted octanol–water partition coefficient (Wildman–Crippen LogP) is 1.90. The summed E-state index contributed by atoms with van der Waals surface area (Å²) in [6.07, 6.45) is 2.60. The zero-order valence-electron chi connectivity index (χ0n) is 6.48. The Morgan fingerprint density at radius 1 is 1.22 bits per heavy atom. The van der Waals surface area contributed by atoms with Gasteiger partial charge in [0.05, 0.1) is 0 Å². The van der Waals surface area contributed by atoms with E-state index in [4.69, 9.17) is 0 Å². The first-order valence-corrected chi connectivity index (χ1v) is 3.66. The van der Waals surface area contributed by atoms with Gasteiger partial charge in [0.25, 0.3) is 0 Å². The van der Waals surface area contributed by atoms with E-state index in [1.165, 1.54) is 25.9 Å². The van der Waals surface area contributed by atoms with Gasteiger partial charge in [-0.3, -0.25) is 0 Å². The largest absolute Gasteiger partial charge is 0.302 e. The predicted molar refractivity (Wildman–Crippen MR) is 39.9 cm³/mol. The molecule has 0 spiro atoms. The van der Waals surface area contributed by atoms with Crippen molar-refractivity contribution in [1.82, 2.24) is 4.90 Å². The Bertz CT molecular complexity index is 86.7. The fourth-order valence-corrected chi connectivity index (χ4v) is 1.16. The molecule has 1 heteroatoms. The van der Waals surface area contributed by atoms with Crippen LogP contribution in [0, 0.1) is 12.5 Å². The minimum Gasteiger partial charge on any atom is -0.302 e. The van der Waals surface area contributed by atoms with Crippen molar-refractivity contribution in [3.63, 3.8) is 0 Å². The van der Waals surface area contributed by atoms with E-state index >= 15 is 0 Å². The summed E-state index contributed by atoms with van der Waals surface area (Å²) in [5.74, 6) is 0. The second-order valence-electron chi connectivity index (χ2n) is 3.78. The van der Waals surface area contributed by atoms with Gasteiger partial charge in [0, 0.05) is 7.05 Å². The average Bonchev–Trinajstić information content (AvgIpc) is 1.78. The van der Waals surface area contributed by atoms with Gasteiger partial charge in [0.2, 0.25) is 0 Å².